The number of nitrogens with zero attached hydrogens (tertiary/aromatic N) is 3. The van der Waals surface area contributed by atoms with Gasteiger partial charge in [-0.3, -0.25) is 24.3 Å². The van der Waals surface area contributed by atoms with Crippen LogP contribution in [0.15, 0.2) is 17.5 Å². The van der Waals surface area contributed by atoms with E-state index in [0.29, 0.717) is 17.0 Å². The number of aliphatic imine (C=N–C) groups is 1. The van der Waals surface area contributed by atoms with Crippen LogP contribution in [0.3, 0.4) is 0 Å². The van der Waals surface area contributed by atoms with Crippen molar-refractivity contribution in [3.05, 3.63) is 18.2 Å². The molecule has 0 saturated carbocycles. The van der Waals surface area contributed by atoms with E-state index in [1.54, 1.807) is 27.7 Å². The Kier molecular flexibility index (Phi) is 12.5. The Balaban J connectivity index is 3.66. The van der Waals surface area contributed by atoms with Gasteiger partial charge in [0.1, 0.15) is 0 Å². The third-order valence-corrected chi connectivity index (χ3v) is 6.45. The molecule has 0 fully saturated rings. The van der Waals surface area contributed by atoms with Gasteiger partial charge in [-0.05, 0) is 31.1 Å². The van der Waals surface area contributed by atoms with E-state index in [9.17, 15) is 24.3 Å². The van der Waals surface area contributed by atoms with Gasteiger partial charge in [0.2, 0.25) is 17.4 Å². The first-order valence-corrected chi connectivity index (χ1v) is 12.7. The molecule has 0 bridgehead atoms. The molecular formula is C24H43N9O5. The van der Waals surface area contributed by atoms with Crippen LogP contribution in [0.4, 0.5) is 0 Å². The van der Waals surface area contributed by atoms with Crippen molar-refractivity contribution < 1.29 is 24.3 Å². The molecule has 0 aromatic carbocycles. The summed E-state index contributed by atoms with van der Waals surface area (Å²) in [4.78, 5) is 65.5. The number of rotatable bonds is 16. The van der Waals surface area contributed by atoms with Gasteiger partial charge in [0.05, 0.1) is 24.5 Å². The van der Waals surface area contributed by atoms with Crippen molar-refractivity contribution in [1.82, 2.24) is 14.9 Å². The lowest BCUT2D eigenvalue weighted by Gasteiger charge is -2.42. The van der Waals surface area contributed by atoms with E-state index in [2.05, 4.69) is 15.0 Å². The van der Waals surface area contributed by atoms with E-state index in [1.165, 1.54) is 12.5 Å². The molecule has 0 aliphatic rings. The lowest BCUT2D eigenvalue weighted by Crippen LogP contribution is -2.71. The van der Waals surface area contributed by atoms with Gasteiger partial charge in [-0.25, -0.2) is 9.78 Å². The molecule has 1 heterocycles. The zero-order valence-corrected chi connectivity index (χ0v) is 22.6. The maximum Gasteiger partial charge on any atom is 0.338 e. The Bertz CT molecular complexity index is 978. The van der Waals surface area contributed by atoms with Gasteiger partial charge in [-0.1, -0.05) is 34.1 Å². The van der Waals surface area contributed by atoms with Crippen molar-refractivity contribution in [3.63, 3.8) is 0 Å². The summed E-state index contributed by atoms with van der Waals surface area (Å²) in [6.07, 6.45) is 3.10. The lowest BCUT2D eigenvalue weighted by molar-refractivity contribution is -0.174. The number of amides is 2. The predicted octanol–water partition coefficient (Wildman–Crippen LogP) is -1.17. The first-order chi connectivity index (χ1) is 17.7. The molecule has 5 atom stereocenters. The van der Waals surface area contributed by atoms with E-state index >= 15 is 0 Å². The summed E-state index contributed by atoms with van der Waals surface area (Å²) in [5.74, 6) is -5.75. The normalized spacial score (nSPS) is 16.1. The minimum atomic E-state index is -2.63. The van der Waals surface area contributed by atoms with Crippen molar-refractivity contribution in [2.75, 3.05) is 6.54 Å². The number of carbonyl (C=O) groups is 4. The molecule has 214 valence electrons. The Morgan fingerprint density at radius 1 is 1.11 bits per heavy atom. The Morgan fingerprint density at radius 2 is 1.74 bits per heavy atom. The average molecular weight is 538 g/mol. The number of guanidine groups is 1. The van der Waals surface area contributed by atoms with Gasteiger partial charge in [-0.15, -0.1) is 0 Å². The number of aromatic nitrogens is 2. The third-order valence-electron chi connectivity index (χ3n) is 6.45. The summed E-state index contributed by atoms with van der Waals surface area (Å²) < 4.78 is 0. The van der Waals surface area contributed by atoms with Crippen LogP contribution in [-0.2, 0) is 25.6 Å². The Hall–Kier alpha value is -3.36. The van der Waals surface area contributed by atoms with Crippen molar-refractivity contribution in [3.8, 4) is 0 Å². The minimum Gasteiger partial charge on any atom is -0.479 e. The van der Waals surface area contributed by atoms with Crippen LogP contribution in [0, 0.1) is 11.8 Å². The lowest BCUT2D eigenvalue weighted by atomic mass is 9.78. The van der Waals surface area contributed by atoms with Crippen LogP contribution < -0.4 is 28.7 Å². The molecular weight excluding hydrogens is 494 g/mol. The van der Waals surface area contributed by atoms with Gasteiger partial charge >= 0.3 is 5.97 Å². The van der Waals surface area contributed by atoms with Crippen LogP contribution in [0.5, 0.6) is 0 Å². The molecule has 12 N–H and O–H groups in total. The number of imidazole rings is 1. The van der Waals surface area contributed by atoms with E-state index in [1.807, 2.05) is 0 Å². The maximum atomic E-state index is 13.9. The van der Waals surface area contributed by atoms with Crippen LogP contribution >= 0.6 is 0 Å². The zero-order chi connectivity index (χ0) is 29.2. The first kappa shape index (κ1) is 32.7. The highest BCUT2D eigenvalue weighted by Gasteiger charge is 2.58. The molecule has 0 saturated heterocycles. The fraction of sp³-hybridized carbons (Fsp3) is 0.667. The van der Waals surface area contributed by atoms with E-state index in [0.717, 1.165) is 0 Å². The molecule has 38 heavy (non-hydrogen) atoms. The number of nitrogens with two attached hydrogens (primary N) is 5. The quantitative estimate of drug-likeness (QED) is 0.0571. The van der Waals surface area contributed by atoms with Crippen molar-refractivity contribution >= 4 is 29.5 Å². The highest BCUT2D eigenvalue weighted by atomic mass is 16.4. The van der Waals surface area contributed by atoms with Crippen LogP contribution in [0.25, 0.3) is 0 Å². The topological polar surface area (TPSA) is 263 Å². The van der Waals surface area contributed by atoms with E-state index < -0.39 is 59.1 Å². The highest BCUT2D eigenvalue weighted by molar-refractivity contribution is 6.17. The number of hydrogen-bond acceptors (Lipinski definition) is 9. The molecule has 1 aromatic heterocycles. The standard InChI is InChI=1S/C24H43N9O5/c1-5-14(4)18(27)21(36)33(20(35)16(25)7-6-8-31-23(28)29)24(22(37)38,10-13(2)3)19(34)17(26)9-15-11-30-12-32-15/h11-14,16-18H,5-10,25-27H2,1-4H3,(H,30,32)(H,37,38)(H4,28,29,31). The number of H-pyrrole nitrogens is 1. The first-order valence-electron chi connectivity index (χ1n) is 12.7. The summed E-state index contributed by atoms with van der Waals surface area (Å²) in [6, 6.07) is -3.98. The number of ketones is 1. The van der Waals surface area contributed by atoms with Crippen LogP contribution in [0.1, 0.15) is 59.1 Å². The van der Waals surface area contributed by atoms with E-state index in [-0.39, 0.29) is 38.2 Å². The number of aliphatic carboxylic acids is 1. The summed E-state index contributed by atoms with van der Waals surface area (Å²) in [6.45, 7) is 6.98. The number of carboxylic acids is 1. The highest BCUT2D eigenvalue weighted by Crippen LogP contribution is 2.31. The Labute approximate surface area is 222 Å². The van der Waals surface area contributed by atoms with Crippen molar-refractivity contribution in [1.29, 1.82) is 0 Å². The maximum absolute atomic E-state index is 13.9. The number of nitrogens with one attached hydrogen (secondary N) is 1. The molecule has 5 unspecified atom stereocenters. The minimum absolute atomic E-state index is 0.0176. The zero-order valence-electron chi connectivity index (χ0n) is 22.6. The summed E-state index contributed by atoms with van der Waals surface area (Å²) in [5, 5.41) is 10.6. The molecule has 0 radical (unpaired) electrons. The van der Waals surface area contributed by atoms with Gasteiger partial charge in [-0.2, -0.15) is 0 Å². The second-order valence-electron chi connectivity index (χ2n) is 9.99. The molecule has 2 amide bonds. The third kappa shape index (κ3) is 8.07. The molecule has 0 aliphatic heterocycles. The number of imide groups is 1. The molecule has 1 rings (SSSR count). The second-order valence-corrected chi connectivity index (χ2v) is 9.99. The molecule has 1 aromatic rings. The smallest absolute Gasteiger partial charge is 0.338 e. The molecule has 14 nitrogen and oxygen atoms in total. The van der Waals surface area contributed by atoms with Gasteiger partial charge in [0.25, 0.3) is 0 Å². The largest absolute Gasteiger partial charge is 0.479 e. The van der Waals surface area contributed by atoms with Crippen LogP contribution in [-0.4, -0.2) is 79.7 Å². The Morgan fingerprint density at radius 3 is 2.21 bits per heavy atom. The van der Waals surface area contributed by atoms with Gasteiger partial charge in [0, 0.05) is 24.9 Å². The number of aromatic amines is 1. The monoisotopic (exact) mass is 537 g/mol. The van der Waals surface area contributed by atoms with Gasteiger partial charge < -0.3 is 38.8 Å². The number of carboxylic acid groups (broad SMARTS) is 1. The molecule has 0 spiro atoms. The van der Waals surface area contributed by atoms with E-state index in [4.69, 9.17) is 28.7 Å². The average Bonchev–Trinajstić information content (AvgIpc) is 3.36. The SMILES string of the molecule is CCC(C)C(N)C(=O)N(C(=O)C(N)CCCN=C(N)N)C(CC(C)C)(C(=O)O)C(=O)C(N)Cc1cnc[nH]1. The number of carbonyl (C=O) groups excluding carboxylic acids is 3. The summed E-state index contributed by atoms with van der Waals surface area (Å²) in [7, 11) is 0. The van der Waals surface area contributed by atoms with Gasteiger partial charge in [0.15, 0.2) is 11.7 Å². The summed E-state index contributed by atoms with van der Waals surface area (Å²) in [5.41, 5.74) is 27.0. The van der Waals surface area contributed by atoms with Crippen molar-refractivity contribution in [2.45, 2.75) is 83.5 Å². The second kappa shape index (κ2) is 14.5. The fourth-order valence-corrected chi connectivity index (χ4v) is 4.15. The van der Waals surface area contributed by atoms with Crippen molar-refractivity contribution in [2.24, 2.45) is 45.5 Å². The fourth-order valence-electron chi connectivity index (χ4n) is 4.15. The predicted molar refractivity (Wildman–Crippen MR) is 142 cm³/mol. The summed E-state index contributed by atoms with van der Waals surface area (Å²) >= 11 is 0. The molecule has 14 heteroatoms. The molecule has 0 aliphatic carbocycles. The number of Topliss-reactive ketones (excluding diaryl/α,β-unsaturated/α-hetero) is 1. The van der Waals surface area contributed by atoms with Crippen LogP contribution in [0.2, 0.25) is 0 Å². The number of hydrogen-bond donors (Lipinski definition) is 7.